The highest BCUT2D eigenvalue weighted by Gasteiger charge is 2.35. The summed E-state index contributed by atoms with van der Waals surface area (Å²) in [7, 11) is -3.58. The Morgan fingerprint density at radius 1 is 1.17 bits per heavy atom. The van der Waals surface area contributed by atoms with Crippen LogP contribution in [0.15, 0.2) is 23.1 Å². The fourth-order valence-corrected chi connectivity index (χ4v) is 4.98. The summed E-state index contributed by atoms with van der Waals surface area (Å²) in [5, 5.41) is 0. The molecule has 0 bridgehead atoms. The van der Waals surface area contributed by atoms with E-state index in [0.29, 0.717) is 31.3 Å². The Morgan fingerprint density at radius 2 is 1.91 bits per heavy atom. The molecule has 1 fully saturated rings. The first-order valence-electron chi connectivity index (χ1n) is 8.17. The molecule has 0 saturated carbocycles. The highest BCUT2D eigenvalue weighted by atomic mass is 32.2. The van der Waals surface area contributed by atoms with Gasteiger partial charge in [-0.25, -0.2) is 8.42 Å². The van der Waals surface area contributed by atoms with Gasteiger partial charge in [-0.15, -0.1) is 0 Å². The van der Waals surface area contributed by atoms with Crippen molar-refractivity contribution >= 4 is 10.0 Å². The van der Waals surface area contributed by atoms with E-state index in [-0.39, 0.29) is 17.0 Å². The van der Waals surface area contributed by atoms with E-state index in [1.54, 1.807) is 22.5 Å². The molecule has 23 heavy (non-hydrogen) atoms. The zero-order valence-electron chi connectivity index (χ0n) is 13.4. The van der Waals surface area contributed by atoms with Crippen LogP contribution in [-0.4, -0.2) is 44.6 Å². The van der Waals surface area contributed by atoms with Crippen LogP contribution in [0.1, 0.15) is 32.6 Å². The fraction of sp³-hybridized carbons (Fsp3) is 0.625. The summed E-state index contributed by atoms with van der Waals surface area (Å²) >= 11 is 0. The van der Waals surface area contributed by atoms with Crippen LogP contribution in [0.4, 0.5) is 0 Å². The molecule has 2 aliphatic heterocycles. The van der Waals surface area contributed by atoms with Crippen molar-refractivity contribution in [1.29, 1.82) is 0 Å². The predicted octanol–water partition coefficient (Wildman–Crippen LogP) is 1.74. The van der Waals surface area contributed by atoms with Gasteiger partial charge in [0.05, 0.1) is 18.1 Å². The van der Waals surface area contributed by atoms with Crippen molar-refractivity contribution in [3.05, 3.63) is 18.2 Å². The van der Waals surface area contributed by atoms with Crippen molar-refractivity contribution in [2.75, 3.05) is 19.8 Å². The van der Waals surface area contributed by atoms with Crippen molar-refractivity contribution in [1.82, 2.24) is 4.31 Å². The summed E-state index contributed by atoms with van der Waals surface area (Å²) in [6.07, 6.45) is 3.48. The van der Waals surface area contributed by atoms with Crippen molar-refractivity contribution in [2.24, 2.45) is 5.73 Å². The lowest BCUT2D eigenvalue weighted by Gasteiger charge is -2.36. The summed E-state index contributed by atoms with van der Waals surface area (Å²) in [5.41, 5.74) is 6.01. The van der Waals surface area contributed by atoms with Crippen LogP contribution in [0, 0.1) is 0 Å². The largest absolute Gasteiger partial charge is 0.490 e. The van der Waals surface area contributed by atoms with E-state index in [1.807, 2.05) is 6.92 Å². The lowest BCUT2D eigenvalue weighted by atomic mass is 10.00. The van der Waals surface area contributed by atoms with Gasteiger partial charge in [-0.3, -0.25) is 0 Å². The zero-order valence-corrected chi connectivity index (χ0v) is 14.2. The lowest BCUT2D eigenvalue weighted by molar-refractivity contribution is 0.227. The van der Waals surface area contributed by atoms with Gasteiger partial charge in [-0.05, 0) is 31.9 Å². The second-order valence-electron chi connectivity index (χ2n) is 6.20. The van der Waals surface area contributed by atoms with Gasteiger partial charge in [0, 0.05) is 31.1 Å². The summed E-state index contributed by atoms with van der Waals surface area (Å²) in [4.78, 5) is 0.245. The average molecular weight is 340 g/mol. The van der Waals surface area contributed by atoms with Gasteiger partial charge in [0.1, 0.15) is 0 Å². The molecule has 0 aliphatic carbocycles. The van der Waals surface area contributed by atoms with E-state index in [0.717, 1.165) is 25.7 Å². The smallest absolute Gasteiger partial charge is 0.243 e. The van der Waals surface area contributed by atoms with Crippen LogP contribution >= 0.6 is 0 Å². The third-order valence-corrected chi connectivity index (χ3v) is 6.35. The molecule has 1 aromatic carbocycles. The minimum absolute atomic E-state index is 0.148. The second-order valence-corrected chi connectivity index (χ2v) is 8.09. The normalized spacial score (nSPS) is 24.0. The fourth-order valence-electron chi connectivity index (χ4n) is 3.19. The third kappa shape index (κ3) is 3.32. The number of nitrogens with zero attached hydrogens (tertiary/aromatic N) is 1. The zero-order chi connectivity index (χ0) is 16.4. The highest BCUT2D eigenvalue weighted by Crippen LogP contribution is 2.34. The standard InChI is InChI=1S/C16H24N2O4S/c1-12(17)14-5-2-3-8-18(14)23(19,20)13-6-7-15-16(11-13)22-10-4-9-21-15/h6-7,11-12,14H,2-5,8-10,17H2,1H3. The molecule has 1 saturated heterocycles. The Bertz CT molecular complexity index is 660. The second kappa shape index (κ2) is 6.67. The SMILES string of the molecule is CC(N)C1CCCCN1S(=O)(=O)c1ccc2c(c1)OCCCO2. The first-order chi connectivity index (χ1) is 11.0. The molecule has 2 aliphatic rings. The van der Waals surface area contributed by atoms with Crippen LogP contribution in [0.3, 0.4) is 0 Å². The predicted molar refractivity (Wildman–Crippen MR) is 87.2 cm³/mol. The molecule has 3 rings (SSSR count). The van der Waals surface area contributed by atoms with Gasteiger partial charge in [0.2, 0.25) is 10.0 Å². The third-order valence-electron chi connectivity index (χ3n) is 4.43. The van der Waals surface area contributed by atoms with E-state index < -0.39 is 10.0 Å². The molecule has 128 valence electrons. The number of hydrogen-bond donors (Lipinski definition) is 1. The molecular formula is C16H24N2O4S. The number of ether oxygens (including phenoxy) is 2. The molecular weight excluding hydrogens is 316 g/mol. The van der Waals surface area contributed by atoms with Crippen LogP contribution in [0.5, 0.6) is 11.5 Å². The molecule has 0 aromatic heterocycles. The molecule has 2 heterocycles. The first kappa shape index (κ1) is 16.5. The molecule has 2 N–H and O–H groups in total. The van der Waals surface area contributed by atoms with Gasteiger partial charge >= 0.3 is 0 Å². The molecule has 0 spiro atoms. The van der Waals surface area contributed by atoms with E-state index >= 15 is 0 Å². The van der Waals surface area contributed by atoms with Gasteiger partial charge in [0.25, 0.3) is 0 Å². The Balaban J connectivity index is 1.94. The number of sulfonamides is 1. The van der Waals surface area contributed by atoms with E-state index in [4.69, 9.17) is 15.2 Å². The summed E-state index contributed by atoms with van der Waals surface area (Å²) in [6, 6.07) is 4.51. The Kier molecular flexibility index (Phi) is 4.79. The molecule has 2 atom stereocenters. The summed E-state index contributed by atoms with van der Waals surface area (Å²) < 4.78 is 38.8. The van der Waals surface area contributed by atoms with Crippen molar-refractivity contribution in [2.45, 2.75) is 49.6 Å². The number of benzene rings is 1. The molecule has 6 nitrogen and oxygen atoms in total. The van der Waals surface area contributed by atoms with Crippen molar-refractivity contribution in [3.63, 3.8) is 0 Å². The lowest BCUT2D eigenvalue weighted by Crippen LogP contribution is -2.51. The minimum atomic E-state index is -3.58. The maximum atomic E-state index is 13.0. The highest BCUT2D eigenvalue weighted by molar-refractivity contribution is 7.89. The number of fused-ring (bicyclic) bond motifs is 1. The Labute approximate surface area is 137 Å². The molecule has 0 amide bonds. The van der Waals surface area contributed by atoms with Gasteiger partial charge in [-0.1, -0.05) is 6.42 Å². The monoisotopic (exact) mass is 340 g/mol. The quantitative estimate of drug-likeness (QED) is 0.906. The minimum Gasteiger partial charge on any atom is -0.490 e. The van der Waals surface area contributed by atoms with Crippen molar-refractivity contribution in [3.8, 4) is 11.5 Å². The number of rotatable bonds is 3. The number of nitrogens with two attached hydrogens (primary N) is 1. The number of hydrogen-bond acceptors (Lipinski definition) is 5. The topological polar surface area (TPSA) is 81.9 Å². The van der Waals surface area contributed by atoms with E-state index in [1.165, 1.54) is 0 Å². The molecule has 2 unspecified atom stereocenters. The average Bonchev–Trinajstić information content (AvgIpc) is 2.79. The number of piperidine rings is 1. The summed E-state index contributed by atoms with van der Waals surface area (Å²) in [5.74, 6) is 1.10. The maximum Gasteiger partial charge on any atom is 0.243 e. The van der Waals surface area contributed by atoms with Gasteiger partial charge < -0.3 is 15.2 Å². The molecule has 7 heteroatoms. The van der Waals surface area contributed by atoms with Gasteiger partial charge in [0.15, 0.2) is 11.5 Å². The Morgan fingerprint density at radius 3 is 2.65 bits per heavy atom. The molecule has 0 radical (unpaired) electrons. The summed E-state index contributed by atoms with van der Waals surface area (Å²) in [6.45, 7) is 3.50. The van der Waals surface area contributed by atoms with Crippen LogP contribution in [0.25, 0.3) is 0 Å². The van der Waals surface area contributed by atoms with Gasteiger partial charge in [-0.2, -0.15) is 4.31 Å². The molecule has 1 aromatic rings. The van der Waals surface area contributed by atoms with E-state index in [9.17, 15) is 8.42 Å². The first-order valence-corrected chi connectivity index (χ1v) is 9.61. The van der Waals surface area contributed by atoms with Crippen LogP contribution in [0.2, 0.25) is 0 Å². The van der Waals surface area contributed by atoms with Crippen LogP contribution in [-0.2, 0) is 10.0 Å². The van der Waals surface area contributed by atoms with E-state index in [2.05, 4.69) is 0 Å². The maximum absolute atomic E-state index is 13.0. The van der Waals surface area contributed by atoms with Crippen molar-refractivity contribution < 1.29 is 17.9 Å². The Hall–Kier alpha value is -1.31. The van der Waals surface area contributed by atoms with Crippen LogP contribution < -0.4 is 15.2 Å².